The van der Waals surface area contributed by atoms with Gasteiger partial charge in [-0.05, 0) is 18.9 Å². The normalized spacial score (nSPS) is 11.1. The van der Waals surface area contributed by atoms with Crippen LogP contribution in [0.2, 0.25) is 0 Å². The first-order chi connectivity index (χ1) is 9.55. The molecule has 2 rings (SSSR count). The number of aryl methyl sites for hydroxylation is 1. The molecular formula is C14H20N4O2. The van der Waals surface area contributed by atoms with E-state index >= 15 is 0 Å². The zero-order chi connectivity index (χ0) is 14.7. The van der Waals surface area contributed by atoms with Crippen LogP contribution in [0.4, 0.5) is 5.82 Å². The van der Waals surface area contributed by atoms with Crippen molar-refractivity contribution in [2.75, 3.05) is 5.32 Å². The van der Waals surface area contributed by atoms with Gasteiger partial charge in [-0.2, -0.15) is 10.1 Å². The molecule has 0 aliphatic heterocycles. The van der Waals surface area contributed by atoms with Gasteiger partial charge in [0.1, 0.15) is 0 Å². The van der Waals surface area contributed by atoms with Crippen molar-refractivity contribution >= 4 is 22.8 Å². The van der Waals surface area contributed by atoms with Crippen LogP contribution in [0.5, 0.6) is 5.88 Å². The lowest BCUT2D eigenvalue weighted by Gasteiger charge is -2.14. The Morgan fingerprint density at radius 1 is 1.40 bits per heavy atom. The van der Waals surface area contributed by atoms with E-state index in [0.29, 0.717) is 17.3 Å². The third-order valence-corrected chi connectivity index (χ3v) is 3.15. The third-order valence-electron chi connectivity index (χ3n) is 3.15. The van der Waals surface area contributed by atoms with Crippen molar-refractivity contribution in [3.8, 4) is 5.88 Å². The van der Waals surface area contributed by atoms with E-state index in [1.165, 1.54) is 6.92 Å². The van der Waals surface area contributed by atoms with Crippen molar-refractivity contribution in [3.05, 3.63) is 12.1 Å². The van der Waals surface area contributed by atoms with E-state index in [0.717, 1.165) is 18.2 Å². The molecule has 1 amide bonds. The maximum Gasteiger partial charge on any atom is 0.222 e. The summed E-state index contributed by atoms with van der Waals surface area (Å²) in [6, 6.07) is 3.69. The Kier molecular flexibility index (Phi) is 4.22. The molecule has 2 heterocycles. The van der Waals surface area contributed by atoms with Gasteiger partial charge in [0, 0.05) is 20.0 Å². The zero-order valence-corrected chi connectivity index (χ0v) is 12.3. The monoisotopic (exact) mass is 276 g/mol. The van der Waals surface area contributed by atoms with E-state index in [2.05, 4.69) is 29.2 Å². The second kappa shape index (κ2) is 5.90. The van der Waals surface area contributed by atoms with E-state index in [4.69, 9.17) is 4.74 Å². The summed E-state index contributed by atoms with van der Waals surface area (Å²) in [6.45, 7) is 5.63. The van der Waals surface area contributed by atoms with Crippen molar-refractivity contribution in [1.82, 2.24) is 14.8 Å². The van der Waals surface area contributed by atoms with Crippen molar-refractivity contribution in [3.63, 3.8) is 0 Å². The van der Waals surface area contributed by atoms with E-state index < -0.39 is 0 Å². The number of hydrogen-bond acceptors (Lipinski definition) is 4. The lowest BCUT2D eigenvalue weighted by molar-refractivity contribution is -0.114. The average Bonchev–Trinajstić information content (AvgIpc) is 2.71. The number of nitrogens with one attached hydrogen (secondary N) is 1. The summed E-state index contributed by atoms with van der Waals surface area (Å²) >= 11 is 0. The molecule has 6 nitrogen and oxygen atoms in total. The number of rotatable bonds is 5. The highest BCUT2D eigenvalue weighted by atomic mass is 16.5. The molecule has 0 atom stereocenters. The number of carbonyl (C=O) groups excluding carboxylic acids is 1. The molecule has 0 unspecified atom stereocenters. The summed E-state index contributed by atoms with van der Waals surface area (Å²) in [7, 11) is 1.79. The Balaban J connectivity index is 2.35. The molecule has 0 aliphatic carbocycles. The van der Waals surface area contributed by atoms with Gasteiger partial charge in [-0.1, -0.05) is 13.8 Å². The number of nitrogens with zero attached hydrogens (tertiary/aromatic N) is 3. The van der Waals surface area contributed by atoms with Crippen LogP contribution in [0, 0.1) is 0 Å². The molecule has 6 heteroatoms. The molecule has 0 bridgehead atoms. The highest BCUT2D eigenvalue weighted by Crippen LogP contribution is 2.24. The Bertz CT molecular complexity index is 617. The van der Waals surface area contributed by atoms with Gasteiger partial charge < -0.3 is 10.1 Å². The van der Waals surface area contributed by atoms with Crippen molar-refractivity contribution in [2.45, 2.75) is 39.7 Å². The molecule has 20 heavy (non-hydrogen) atoms. The van der Waals surface area contributed by atoms with Gasteiger partial charge in [0.2, 0.25) is 11.8 Å². The number of amides is 1. The number of hydrogen-bond donors (Lipinski definition) is 1. The first kappa shape index (κ1) is 14.3. The number of aromatic nitrogens is 3. The van der Waals surface area contributed by atoms with Crippen LogP contribution in [0.3, 0.4) is 0 Å². The minimum absolute atomic E-state index is 0.151. The smallest absolute Gasteiger partial charge is 0.222 e. The molecular weight excluding hydrogens is 256 g/mol. The molecule has 2 aromatic heterocycles. The quantitative estimate of drug-likeness (QED) is 0.911. The average molecular weight is 276 g/mol. The highest BCUT2D eigenvalue weighted by Gasteiger charge is 2.13. The highest BCUT2D eigenvalue weighted by molar-refractivity contribution is 5.97. The second-order valence-corrected chi connectivity index (χ2v) is 4.73. The molecule has 2 aromatic rings. The number of carbonyl (C=O) groups is 1. The number of fused-ring (bicyclic) bond motifs is 1. The molecule has 1 N–H and O–H groups in total. The number of pyridine rings is 1. The fourth-order valence-corrected chi connectivity index (χ4v) is 2.06. The predicted molar refractivity (Wildman–Crippen MR) is 77.8 cm³/mol. The maximum absolute atomic E-state index is 11.2. The van der Waals surface area contributed by atoms with E-state index in [1.54, 1.807) is 11.7 Å². The topological polar surface area (TPSA) is 69.0 Å². The van der Waals surface area contributed by atoms with Gasteiger partial charge >= 0.3 is 0 Å². The first-order valence-corrected chi connectivity index (χ1v) is 6.83. The predicted octanol–water partition coefficient (Wildman–Crippen LogP) is 2.49. The summed E-state index contributed by atoms with van der Waals surface area (Å²) in [4.78, 5) is 15.6. The van der Waals surface area contributed by atoms with Crippen LogP contribution in [0.15, 0.2) is 12.1 Å². The van der Waals surface area contributed by atoms with Gasteiger partial charge in [0.25, 0.3) is 0 Å². The minimum atomic E-state index is -0.151. The third kappa shape index (κ3) is 2.89. The Labute approximate surface area is 118 Å². The molecule has 0 fully saturated rings. The van der Waals surface area contributed by atoms with Crippen LogP contribution < -0.4 is 10.1 Å². The van der Waals surface area contributed by atoms with Crippen LogP contribution in [-0.2, 0) is 11.8 Å². The molecule has 108 valence electrons. The second-order valence-electron chi connectivity index (χ2n) is 4.73. The van der Waals surface area contributed by atoms with Crippen LogP contribution in [-0.4, -0.2) is 26.8 Å². The minimum Gasteiger partial charge on any atom is -0.474 e. The van der Waals surface area contributed by atoms with Crippen LogP contribution in [0.25, 0.3) is 11.0 Å². The lowest BCUT2D eigenvalue weighted by atomic mass is 10.2. The van der Waals surface area contributed by atoms with E-state index in [-0.39, 0.29) is 12.0 Å². The molecule has 0 spiro atoms. The van der Waals surface area contributed by atoms with Crippen molar-refractivity contribution in [1.29, 1.82) is 0 Å². The van der Waals surface area contributed by atoms with Gasteiger partial charge in [-0.15, -0.1) is 0 Å². The summed E-state index contributed by atoms with van der Waals surface area (Å²) in [5.41, 5.74) is 0.692. The lowest BCUT2D eigenvalue weighted by Crippen LogP contribution is -2.14. The molecule has 0 saturated carbocycles. The SMILES string of the molecule is CCC(CC)Oc1ccc2c(NC(C)=O)nn(C)c2n1. The maximum atomic E-state index is 11.2. The fraction of sp³-hybridized carbons (Fsp3) is 0.500. The molecule has 0 aromatic carbocycles. The summed E-state index contributed by atoms with van der Waals surface area (Å²) in [5, 5.41) is 7.76. The molecule has 0 aliphatic rings. The van der Waals surface area contributed by atoms with Crippen LogP contribution in [0.1, 0.15) is 33.6 Å². The van der Waals surface area contributed by atoms with Gasteiger partial charge in [-0.3, -0.25) is 4.79 Å². The fourth-order valence-electron chi connectivity index (χ4n) is 2.06. The zero-order valence-electron chi connectivity index (χ0n) is 12.3. The van der Waals surface area contributed by atoms with Crippen LogP contribution >= 0.6 is 0 Å². The van der Waals surface area contributed by atoms with E-state index in [1.807, 2.05) is 12.1 Å². The van der Waals surface area contributed by atoms with Gasteiger partial charge in [-0.25, -0.2) is 4.68 Å². The number of anilines is 1. The largest absolute Gasteiger partial charge is 0.474 e. The molecule has 0 radical (unpaired) electrons. The molecule has 0 saturated heterocycles. The van der Waals surface area contributed by atoms with Crippen molar-refractivity contribution in [2.24, 2.45) is 7.05 Å². The summed E-state index contributed by atoms with van der Waals surface area (Å²) in [6.07, 6.45) is 2.06. The standard InChI is InChI=1S/C14H20N4O2/c1-5-10(6-2)20-12-8-7-11-13(15-9(3)19)17-18(4)14(11)16-12/h7-8,10H,5-6H2,1-4H3,(H,15,17,19). The Morgan fingerprint density at radius 3 is 2.70 bits per heavy atom. The summed E-state index contributed by atoms with van der Waals surface area (Å²) < 4.78 is 7.47. The van der Waals surface area contributed by atoms with Gasteiger partial charge in [0.05, 0.1) is 11.5 Å². The Morgan fingerprint density at radius 2 is 2.10 bits per heavy atom. The first-order valence-electron chi connectivity index (χ1n) is 6.83. The van der Waals surface area contributed by atoms with Crippen molar-refractivity contribution < 1.29 is 9.53 Å². The number of ether oxygens (including phenoxy) is 1. The van der Waals surface area contributed by atoms with Gasteiger partial charge in [0.15, 0.2) is 11.5 Å². The van der Waals surface area contributed by atoms with E-state index in [9.17, 15) is 4.79 Å². The summed E-state index contributed by atoms with van der Waals surface area (Å²) in [5.74, 6) is 0.961. The Hall–Kier alpha value is -2.11.